The number of likely N-dealkylation sites (tertiary alicyclic amines) is 1. The first kappa shape index (κ1) is 11.2. The van der Waals surface area contributed by atoms with Crippen LogP contribution < -0.4 is 5.32 Å². The van der Waals surface area contributed by atoms with E-state index in [1.807, 2.05) is 0 Å². The van der Waals surface area contributed by atoms with Crippen LogP contribution in [0.4, 0.5) is 0 Å². The summed E-state index contributed by atoms with van der Waals surface area (Å²) in [5, 5.41) is 3.38. The zero-order valence-corrected chi connectivity index (χ0v) is 10.4. The molecule has 0 radical (unpaired) electrons. The van der Waals surface area contributed by atoms with E-state index in [9.17, 15) is 0 Å². The molecule has 2 aliphatic rings. The van der Waals surface area contributed by atoms with Crippen LogP contribution in [0.1, 0.15) is 23.1 Å². The number of morpholine rings is 1. The molecule has 0 spiro atoms. The van der Waals surface area contributed by atoms with E-state index in [4.69, 9.17) is 4.74 Å². The van der Waals surface area contributed by atoms with E-state index < -0.39 is 0 Å². The second kappa shape index (κ2) is 4.77. The van der Waals surface area contributed by atoms with Crippen molar-refractivity contribution in [2.75, 3.05) is 39.8 Å². The van der Waals surface area contributed by atoms with E-state index in [-0.39, 0.29) is 6.10 Å². The van der Waals surface area contributed by atoms with E-state index in [1.165, 1.54) is 24.2 Å². The van der Waals surface area contributed by atoms with Crippen LogP contribution >= 0.6 is 0 Å². The van der Waals surface area contributed by atoms with Gasteiger partial charge in [0.25, 0.3) is 0 Å². The third kappa shape index (κ3) is 2.37. The Hall–Kier alpha value is -0.900. The SMILES string of the molecule is CN1CC(c2cccc(C3CNCCO3)c2)C1. The molecule has 1 unspecified atom stereocenters. The Bertz CT molecular complexity index is 382. The average Bonchev–Trinajstić information content (AvgIpc) is 2.36. The highest BCUT2D eigenvalue weighted by Gasteiger charge is 2.25. The summed E-state index contributed by atoms with van der Waals surface area (Å²) >= 11 is 0. The lowest BCUT2D eigenvalue weighted by Gasteiger charge is -2.37. The molecule has 2 saturated heterocycles. The van der Waals surface area contributed by atoms with Crippen LogP contribution in [-0.2, 0) is 4.74 Å². The summed E-state index contributed by atoms with van der Waals surface area (Å²) in [5.74, 6) is 0.719. The van der Waals surface area contributed by atoms with Crippen LogP contribution in [0.3, 0.4) is 0 Å². The standard InChI is InChI=1S/C14H20N2O/c1-16-9-13(10-16)11-3-2-4-12(7-11)14-8-15-5-6-17-14/h2-4,7,13-15H,5-6,8-10H2,1H3. The Morgan fingerprint density at radius 2 is 2.12 bits per heavy atom. The van der Waals surface area contributed by atoms with Crippen LogP contribution in [0.25, 0.3) is 0 Å². The summed E-state index contributed by atoms with van der Waals surface area (Å²) in [7, 11) is 2.18. The van der Waals surface area contributed by atoms with Gasteiger partial charge in [-0.05, 0) is 18.2 Å². The summed E-state index contributed by atoms with van der Waals surface area (Å²) in [6, 6.07) is 8.93. The number of nitrogens with one attached hydrogen (secondary N) is 1. The van der Waals surface area contributed by atoms with Gasteiger partial charge in [-0.15, -0.1) is 0 Å². The zero-order valence-electron chi connectivity index (χ0n) is 10.4. The zero-order chi connectivity index (χ0) is 11.7. The highest BCUT2D eigenvalue weighted by molar-refractivity contribution is 5.30. The average molecular weight is 232 g/mol. The minimum Gasteiger partial charge on any atom is -0.371 e. The summed E-state index contributed by atoms with van der Waals surface area (Å²) in [6.45, 7) is 5.11. The quantitative estimate of drug-likeness (QED) is 0.833. The molecule has 2 heterocycles. The number of rotatable bonds is 2. The molecular formula is C14H20N2O. The van der Waals surface area contributed by atoms with E-state index >= 15 is 0 Å². The maximum Gasteiger partial charge on any atom is 0.0949 e. The van der Waals surface area contributed by atoms with Crippen molar-refractivity contribution in [1.29, 1.82) is 0 Å². The number of hydrogen-bond acceptors (Lipinski definition) is 3. The third-order valence-electron chi connectivity index (χ3n) is 3.75. The molecule has 1 aromatic rings. The van der Waals surface area contributed by atoms with Crippen molar-refractivity contribution in [2.24, 2.45) is 0 Å². The lowest BCUT2D eigenvalue weighted by Crippen LogP contribution is -2.41. The highest BCUT2D eigenvalue weighted by Crippen LogP contribution is 2.28. The lowest BCUT2D eigenvalue weighted by molar-refractivity contribution is 0.0276. The van der Waals surface area contributed by atoms with Crippen LogP contribution in [-0.4, -0.2) is 44.7 Å². The first-order valence-corrected chi connectivity index (χ1v) is 6.43. The van der Waals surface area contributed by atoms with Gasteiger partial charge in [0.1, 0.15) is 0 Å². The van der Waals surface area contributed by atoms with E-state index in [0.717, 1.165) is 25.6 Å². The monoisotopic (exact) mass is 232 g/mol. The number of nitrogens with zero attached hydrogens (tertiary/aromatic N) is 1. The van der Waals surface area contributed by atoms with Gasteiger partial charge in [-0.3, -0.25) is 0 Å². The predicted molar refractivity (Wildman–Crippen MR) is 68.2 cm³/mol. The fourth-order valence-electron chi connectivity index (χ4n) is 2.70. The highest BCUT2D eigenvalue weighted by atomic mass is 16.5. The van der Waals surface area contributed by atoms with E-state index in [0.29, 0.717) is 0 Å². The molecule has 0 amide bonds. The van der Waals surface area contributed by atoms with Crippen molar-refractivity contribution in [3.8, 4) is 0 Å². The van der Waals surface area contributed by atoms with Gasteiger partial charge in [0.15, 0.2) is 0 Å². The molecular weight excluding hydrogens is 212 g/mol. The molecule has 2 fully saturated rings. The van der Waals surface area contributed by atoms with Gasteiger partial charge in [0.2, 0.25) is 0 Å². The fourth-order valence-corrected chi connectivity index (χ4v) is 2.70. The van der Waals surface area contributed by atoms with Crippen molar-refractivity contribution in [3.05, 3.63) is 35.4 Å². The van der Waals surface area contributed by atoms with Crippen molar-refractivity contribution >= 4 is 0 Å². The van der Waals surface area contributed by atoms with Crippen molar-refractivity contribution in [1.82, 2.24) is 10.2 Å². The van der Waals surface area contributed by atoms with Gasteiger partial charge in [-0.2, -0.15) is 0 Å². The Labute approximate surface area is 103 Å². The summed E-state index contributed by atoms with van der Waals surface area (Å²) < 4.78 is 5.80. The molecule has 1 N–H and O–H groups in total. The molecule has 1 aromatic carbocycles. The molecule has 3 nitrogen and oxygen atoms in total. The third-order valence-corrected chi connectivity index (χ3v) is 3.75. The van der Waals surface area contributed by atoms with Gasteiger partial charge in [-0.25, -0.2) is 0 Å². The molecule has 3 heteroatoms. The van der Waals surface area contributed by atoms with Gasteiger partial charge >= 0.3 is 0 Å². The van der Waals surface area contributed by atoms with Gasteiger partial charge < -0.3 is 15.0 Å². The normalized spacial score (nSPS) is 26.8. The Kier molecular flexibility index (Phi) is 3.14. The summed E-state index contributed by atoms with van der Waals surface area (Å²) in [6.07, 6.45) is 0.238. The first-order valence-electron chi connectivity index (χ1n) is 6.43. The Balaban J connectivity index is 1.74. The number of hydrogen-bond donors (Lipinski definition) is 1. The maximum atomic E-state index is 5.80. The van der Waals surface area contributed by atoms with Crippen LogP contribution in [0.5, 0.6) is 0 Å². The summed E-state index contributed by atoms with van der Waals surface area (Å²) in [4.78, 5) is 2.36. The Morgan fingerprint density at radius 1 is 1.29 bits per heavy atom. The van der Waals surface area contributed by atoms with Crippen LogP contribution in [0.2, 0.25) is 0 Å². The molecule has 1 atom stereocenters. The lowest BCUT2D eigenvalue weighted by atomic mass is 9.90. The van der Waals surface area contributed by atoms with Crippen molar-refractivity contribution < 1.29 is 4.74 Å². The molecule has 0 bridgehead atoms. The molecule has 3 rings (SSSR count). The molecule has 0 aromatic heterocycles. The molecule has 0 saturated carbocycles. The topological polar surface area (TPSA) is 24.5 Å². The number of likely N-dealkylation sites (N-methyl/N-ethyl adjacent to an activating group) is 1. The van der Waals surface area contributed by atoms with Crippen LogP contribution in [0, 0.1) is 0 Å². The second-order valence-electron chi connectivity index (χ2n) is 5.15. The van der Waals surface area contributed by atoms with Gasteiger partial charge in [0.05, 0.1) is 12.7 Å². The van der Waals surface area contributed by atoms with Crippen LogP contribution in [0.15, 0.2) is 24.3 Å². The van der Waals surface area contributed by atoms with Gasteiger partial charge in [-0.1, -0.05) is 24.3 Å². The maximum absolute atomic E-state index is 5.80. The second-order valence-corrected chi connectivity index (χ2v) is 5.15. The Morgan fingerprint density at radius 3 is 2.82 bits per heavy atom. The largest absolute Gasteiger partial charge is 0.371 e. The number of ether oxygens (including phenoxy) is 1. The smallest absolute Gasteiger partial charge is 0.0949 e. The van der Waals surface area contributed by atoms with E-state index in [1.54, 1.807) is 0 Å². The molecule has 2 aliphatic heterocycles. The van der Waals surface area contributed by atoms with Gasteiger partial charge in [0, 0.05) is 32.1 Å². The first-order chi connectivity index (χ1) is 8.33. The molecule has 17 heavy (non-hydrogen) atoms. The number of benzene rings is 1. The van der Waals surface area contributed by atoms with E-state index in [2.05, 4.69) is 41.5 Å². The van der Waals surface area contributed by atoms with Crippen molar-refractivity contribution in [2.45, 2.75) is 12.0 Å². The fraction of sp³-hybridized carbons (Fsp3) is 0.571. The minimum atomic E-state index is 0.238. The predicted octanol–water partition coefficient (Wildman–Crippen LogP) is 1.38. The summed E-state index contributed by atoms with van der Waals surface area (Å²) in [5.41, 5.74) is 2.79. The molecule has 92 valence electrons. The molecule has 0 aliphatic carbocycles. The minimum absolute atomic E-state index is 0.238. The van der Waals surface area contributed by atoms with Crippen molar-refractivity contribution in [3.63, 3.8) is 0 Å².